The third kappa shape index (κ3) is 3.74. The first kappa shape index (κ1) is 19.9. The lowest BCUT2D eigenvalue weighted by atomic mass is 9.95. The van der Waals surface area contributed by atoms with Crippen molar-refractivity contribution in [1.29, 1.82) is 0 Å². The number of carbonyl (C=O) groups is 2. The summed E-state index contributed by atoms with van der Waals surface area (Å²) in [4.78, 5) is 26.8. The normalized spacial score (nSPS) is 18.5. The molecular weight excluding hydrogens is 382 g/mol. The van der Waals surface area contributed by atoms with E-state index in [0.29, 0.717) is 21.9 Å². The van der Waals surface area contributed by atoms with E-state index in [1.165, 1.54) is 19.1 Å². The number of Topliss-reactive ketones (excluding diaryl/α,β-unsaturated/α-hetero) is 1. The first-order chi connectivity index (χ1) is 13.5. The maximum absolute atomic E-state index is 12.8. The summed E-state index contributed by atoms with van der Waals surface area (Å²) in [6.45, 7) is 0.480. The highest BCUT2D eigenvalue weighted by Gasteiger charge is 2.45. The first-order valence-corrected chi connectivity index (χ1v) is 9.03. The molecule has 1 aliphatic heterocycles. The number of halogens is 1. The average Bonchev–Trinajstić information content (AvgIpc) is 2.97. The highest BCUT2D eigenvalue weighted by atomic mass is 35.5. The van der Waals surface area contributed by atoms with Crippen LogP contribution in [0.2, 0.25) is 5.02 Å². The molecule has 1 saturated heterocycles. The Labute approximate surface area is 167 Å². The van der Waals surface area contributed by atoms with E-state index in [-0.39, 0.29) is 24.5 Å². The molecule has 1 atom stereocenters. The smallest absolute Gasteiger partial charge is 0.295 e. The largest absolute Gasteiger partial charge is 0.507 e. The van der Waals surface area contributed by atoms with Gasteiger partial charge in [-0.1, -0.05) is 23.7 Å². The molecule has 3 rings (SSSR count). The van der Waals surface area contributed by atoms with E-state index in [4.69, 9.17) is 21.1 Å². The highest BCUT2D eigenvalue weighted by molar-refractivity contribution is 6.46. The Hall–Kier alpha value is -2.83. The number of methoxy groups -OCH3 is 2. The van der Waals surface area contributed by atoms with Gasteiger partial charge < -0.3 is 19.5 Å². The number of hydrogen-bond donors (Lipinski definition) is 1. The zero-order valence-electron chi connectivity index (χ0n) is 15.5. The van der Waals surface area contributed by atoms with Crippen molar-refractivity contribution in [3.8, 4) is 5.75 Å². The van der Waals surface area contributed by atoms with Crippen LogP contribution in [0, 0.1) is 0 Å². The minimum absolute atomic E-state index is 0.0357. The number of aliphatic hydroxyl groups excluding tert-OH is 1. The second-order valence-corrected chi connectivity index (χ2v) is 6.70. The SMILES string of the molecule is COCCN1C(=O)C(=O)C(=C(O)c2ccc(OC)cc2)[C@H]1c1ccc(Cl)cc1. The van der Waals surface area contributed by atoms with Crippen LogP contribution >= 0.6 is 11.6 Å². The number of carbonyl (C=O) groups excluding carboxylic acids is 2. The Morgan fingerprint density at radius 1 is 1.07 bits per heavy atom. The van der Waals surface area contributed by atoms with Crippen molar-refractivity contribution >= 4 is 29.1 Å². The summed E-state index contributed by atoms with van der Waals surface area (Å²) in [5, 5.41) is 11.4. The topological polar surface area (TPSA) is 76.1 Å². The molecule has 0 aromatic heterocycles. The van der Waals surface area contributed by atoms with Gasteiger partial charge in [0.25, 0.3) is 11.7 Å². The predicted molar refractivity (Wildman–Crippen MR) is 105 cm³/mol. The van der Waals surface area contributed by atoms with Crippen molar-refractivity contribution in [2.24, 2.45) is 0 Å². The van der Waals surface area contributed by atoms with Crippen LogP contribution in [0.4, 0.5) is 0 Å². The van der Waals surface area contributed by atoms with Gasteiger partial charge in [0.15, 0.2) is 0 Å². The summed E-state index contributed by atoms with van der Waals surface area (Å²) in [5.41, 5.74) is 1.13. The van der Waals surface area contributed by atoms with E-state index in [1.807, 2.05) is 0 Å². The van der Waals surface area contributed by atoms with Crippen molar-refractivity contribution in [3.05, 3.63) is 70.3 Å². The maximum Gasteiger partial charge on any atom is 0.295 e. The lowest BCUT2D eigenvalue weighted by Gasteiger charge is -2.25. The third-order valence-electron chi connectivity index (χ3n) is 4.63. The molecule has 1 amide bonds. The number of likely N-dealkylation sites (tertiary alicyclic amines) is 1. The lowest BCUT2D eigenvalue weighted by Crippen LogP contribution is -2.32. The Morgan fingerprint density at radius 2 is 1.71 bits per heavy atom. The van der Waals surface area contributed by atoms with Crippen LogP contribution in [0.5, 0.6) is 5.75 Å². The van der Waals surface area contributed by atoms with Crippen LogP contribution in [-0.4, -0.2) is 49.1 Å². The Bertz CT molecular complexity index is 905. The van der Waals surface area contributed by atoms with Crippen molar-refractivity contribution in [2.75, 3.05) is 27.4 Å². The van der Waals surface area contributed by atoms with E-state index >= 15 is 0 Å². The van der Waals surface area contributed by atoms with Gasteiger partial charge in [-0.05, 0) is 42.0 Å². The van der Waals surface area contributed by atoms with Gasteiger partial charge >= 0.3 is 0 Å². The molecule has 0 spiro atoms. The van der Waals surface area contributed by atoms with Gasteiger partial charge in [0.05, 0.1) is 25.3 Å². The van der Waals surface area contributed by atoms with Gasteiger partial charge in [0.2, 0.25) is 0 Å². The number of rotatable bonds is 6. The van der Waals surface area contributed by atoms with Gasteiger partial charge in [-0.3, -0.25) is 9.59 Å². The quantitative estimate of drug-likeness (QED) is 0.456. The van der Waals surface area contributed by atoms with Crippen molar-refractivity contribution in [1.82, 2.24) is 4.90 Å². The molecule has 2 aromatic carbocycles. The molecule has 0 radical (unpaired) electrons. The Balaban J connectivity index is 2.12. The molecule has 0 bridgehead atoms. The van der Waals surface area contributed by atoms with E-state index in [0.717, 1.165) is 0 Å². The van der Waals surface area contributed by atoms with Crippen LogP contribution in [-0.2, 0) is 14.3 Å². The molecule has 146 valence electrons. The number of amides is 1. The Kier molecular flexibility index (Phi) is 6.02. The van der Waals surface area contributed by atoms with Crippen LogP contribution in [0.3, 0.4) is 0 Å². The number of aliphatic hydroxyl groups is 1. The molecule has 0 unspecified atom stereocenters. The van der Waals surface area contributed by atoms with Crippen molar-refractivity contribution < 1.29 is 24.2 Å². The van der Waals surface area contributed by atoms with Gasteiger partial charge in [-0.2, -0.15) is 0 Å². The van der Waals surface area contributed by atoms with Gasteiger partial charge in [-0.25, -0.2) is 0 Å². The summed E-state index contributed by atoms with van der Waals surface area (Å²) in [6, 6.07) is 12.7. The number of ether oxygens (including phenoxy) is 2. The van der Waals surface area contributed by atoms with Crippen molar-refractivity contribution in [2.45, 2.75) is 6.04 Å². The highest BCUT2D eigenvalue weighted by Crippen LogP contribution is 2.39. The summed E-state index contributed by atoms with van der Waals surface area (Å²) in [7, 11) is 3.06. The van der Waals surface area contributed by atoms with Crippen LogP contribution in [0.1, 0.15) is 17.2 Å². The van der Waals surface area contributed by atoms with Crippen molar-refractivity contribution in [3.63, 3.8) is 0 Å². The number of nitrogens with zero attached hydrogens (tertiary/aromatic N) is 1. The van der Waals surface area contributed by atoms with E-state index in [1.54, 1.807) is 48.5 Å². The second-order valence-electron chi connectivity index (χ2n) is 6.27. The number of ketones is 1. The zero-order valence-corrected chi connectivity index (χ0v) is 16.3. The van der Waals surface area contributed by atoms with Crippen LogP contribution in [0.25, 0.3) is 5.76 Å². The number of hydrogen-bond acceptors (Lipinski definition) is 5. The molecule has 28 heavy (non-hydrogen) atoms. The fraction of sp³-hybridized carbons (Fsp3) is 0.238. The van der Waals surface area contributed by atoms with Crippen LogP contribution < -0.4 is 4.74 Å². The van der Waals surface area contributed by atoms with Gasteiger partial charge in [0.1, 0.15) is 11.5 Å². The predicted octanol–water partition coefficient (Wildman–Crippen LogP) is 3.42. The van der Waals surface area contributed by atoms with Gasteiger partial charge in [-0.15, -0.1) is 0 Å². The molecular formula is C21H20ClNO5. The zero-order chi connectivity index (χ0) is 20.3. The maximum atomic E-state index is 12.8. The van der Waals surface area contributed by atoms with Crippen LogP contribution in [0.15, 0.2) is 54.1 Å². The molecule has 1 heterocycles. The molecule has 6 nitrogen and oxygen atoms in total. The molecule has 1 aliphatic rings. The Morgan fingerprint density at radius 3 is 2.29 bits per heavy atom. The average molecular weight is 402 g/mol. The van der Waals surface area contributed by atoms with E-state index < -0.39 is 17.7 Å². The summed E-state index contributed by atoms with van der Waals surface area (Å²) in [6.07, 6.45) is 0. The molecule has 7 heteroatoms. The first-order valence-electron chi connectivity index (χ1n) is 8.65. The summed E-state index contributed by atoms with van der Waals surface area (Å²) in [5.74, 6) is -1.02. The molecule has 1 fully saturated rings. The fourth-order valence-corrected chi connectivity index (χ4v) is 3.32. The molecule has 1 N–H and O–H groups in total. The number of benzene rings is 2. The lowest BCUT2D eigenvalue weighted by molar-refractivity contribution is -0.140. The molecule has 2 aromatic rings. The molecule has 0 aliphatic carbocycles. The second kappa shape index (κ2) is 8.46. The fourth-order valence-electron chi connectivity index (χ4n) is 3.20. The standard InChI is InChI=1S/C21H20ClNO5/c1-27-12-11-23-18(13-3-7-15(22)8-4-13)17(20(25)21(23)26)19(24)14-5-9-16(28-2)10-6-14/h3-10,18,24H,11-12H2,1-2H3/t18-/m1/s1. The minimum Gasteiger partial charge on any atom is -0.507 e. The summed E-state index contributed by atoms with van der Waals surface area (Å²) >= 11 is 5.98. The van der Waals surface area contributed by atoms with Gasteiger partial charge in [0, 0.05) is 24.2 Å². The molecule has 0 saturated carbocycles. The van der Waals surface area contributed by atoms with E-state index in [2.05, 4.69) is 0 Å². The monoisotopic (exact) mass is 401 g/mol. The minimum atomic E-state index is -0.732. The third-order valence-corrected chi connectivity index (χ3v) is 4.88. The summed E-state index contributed by atoms with van der Waals surface area (Å²) < 4.78 is 10.2. The van der Waals surface area contributed by atoms with E-state index in [9.17, 15) is 14.7 Å².